The molecule has 2 aliphatic rings. The van der Waals surface area contributed by atoms with Crippen molar-refractivity contribution in [2.45, 2.75) is 38.1 Å². The fourth-order valence-electron chi connectivity index (χ4n) is 3.03. The number of nitrogens with zero attached hydrogens (tertiary/aromatic N) is 1. The molecule has 2 saturated heterocycles. The highest BCUT2D eigenvalue weighted by Gasteiger charge is 2.20. The summed E-state index contributed by atoms with van der Waals surface area (Å²) in [6, 6.07) is 0.738. The van der Waals surface area contributed by atoms with E-state index in [4.69, 9.17) is 0 Å². The van der Waals surface area contributed by atoms with E-state index >= 15 is 0 Å². The summed E-state index contributed by atoms with van der Waals surface area (Å²) in [5, 5.41) is 6.87. The van der Waals surface area contributed by atoms with Crippen molar-refractivity contribution in [2.75, 3.05) is 39.8 Å². The maximum atomic E-state index is 3.45. The lowest BCUT2D eigenvalue weighted by atomic mass is 9.94. The SMILES string of the molecule is CNC1CCCN(CCC2CCNCC2)C1.Cl.Cl. The van der Waals surface area contributed by atoms with Crippen molar-refractivity contribution in [1.82, 2.24) is 15.5 Å². The second kappa shape index (κ2) is 10.3. The Balaban J connectivity index is 0.00000144. The molecule has 0 amide bonds. The van der Waals surface area contributed by atoms with Crippen LogP contribution in [0.25, 0.3) is 0 Å². The topological polar surface area (TPSA) is 27.3 Å². The van der Waals surface area contributed by atoms with Gasteiger partial charge in [-0.1, -0.05) is 0 Å². The molecule has 1 unspecified atom stereocenters. The van der Waals surface area contributed by atoms with Crippen LogP contribution in [0, 0.1) is 5.92 Å². The summed E-state index contributed by atoms with van der Waals surface area (Å²) in [5.41, 5.74) is 0. The predicted octanol–water partition coefficient (Wildman–Crippen LogP) is 1.90. The summed E-state index contributed by atoms with van der Waals surface area (Å²) < 4.78 is 0. The summed E-state index contributed by atoms with van der Waals surface area (Å²) in [6.07, 6.45) is 6.93. The molecular formula is C13H29Cl2N3. The lowest BCUT2D eigenvalue weighted by molar-refractivity contribution is 0.177. The zero-order chi connectivity index (χ0) is 11.2. The van der Waals surface area contributed by atoms with E-state index in [1.807, 2.05) is 0 Å². The van der Waals surface area contributed by atoms with Crippen molar-refractivity contribution in [1.29, 1.82) is 0 Å². The maximum absolute atomic E-state index is 3.45. The van der Waals surface area contributed by atoms with E-state index in [1.54, 1.807) is 0 Å². The van der Waals surface area contributed by atoms with Crippen LogP contribution in [-0.4, -0.2) is 50.7 Å². The Labute approximate surface area is 124 Å². The molecule has 0 aromatic carbocycles. The zero-order valence-corrected chi connectivity index (χ0v) is 13.1. The molecule has 18 heavy (non-hydrogen) atoms. The molecule has 0 bridgehead atoms. The van der Waals surface area contributed by atoms with Gasteiger partial charge in [0.2, 0.25) is 0 Å². The summed E-state index contributed by atoms with van der Waals surface area (Å²) in [6.45, 7) is 6.39. The van der Waals surface area contributed by atoms with Crippen molar-refractivity contribution in [2.24, 2.45) is 5.92 Å². The monoisotopic (exact) mass is 297 g/mol. The van der Waals surface area contributed by atoms with Crippen LogP contribution in [0.2, 0.25) is 0 Å². The van der Waals surface area contributed by atoms with E-state index in [-0.39, 0.29) is 24.8 Å². The highest BCUT2D eigenvalue weighted by molar-refractivity contribution is 5.85. The highest BCUT2D eigenvalue weighted by atomic mass is 35.5. The second-order valence-corrected chi connectivity index (χ2v) is 5.41. The average Bonchev–Trinajstić information content (AvgIpc) is 2.38. The Morgan fingerprint density at radius 1 is 1.17 bits per heavy atom. The first kappa shape index (κ1) is 18.5. The largest absolute Gasteiger partial charge is 0.317 e. The van der Waals surface area contributed by atoms with Crippen LogP contribution in [0.1, 0.15) is 32.1 Å². The Kier molecular flexibility index (Phi) is 10.5. The molecule has 0 aliphatic carbocycles. The molecule has 2 fully saturated rings. The fourth-order valence-corrected chi connectivity index (χ4v) is 3.03. The summed E-state index contributed by atoms with van der Waals surface area (Å²) in [4.78, 5) is 2.66. The van der Waals surface area contributed by atoms with Crippen LogP contribution in [0.4, 0.5) is 0 Å². The summed E-state index contributed by atoms with van der Waals surface area (Å²) in [5.74, 6) is 0.983. The van der Waals surface area contributed by atoms with Gasteiger partial charge in [0.25, 0.3) is 0 Å². The molecule has 0 spiro atoms. The molecule has 3 nitrogen and oxygen atoms in total. The Bertz CT molecular complexity index is 199. The van der Waals surface area contributed by atoms with Crippen LogP contribution in [0.3, 0.4) is 0 Å². The lowest BCUT2D eigenvalue weighted by Gasteiger charge is -2.34. The molecule has 2 aliphatic heterocycles. The normalized spacial score (nSPS) is 26.2. The first-order valence-electron chi connectivity index (χ1n) is 6.99. The van der Waals surface area contributed by atoms with Gasteiger partial charge in [-0.3, -0.25) is 0 Å². The first-order valence-corrected chi connectivity index (χ1v) is 6.99. The molecular weight excluding hydrogens is 269 g/mol. The van der Waals surface area contributed by atoms with Crippen molar-refractivity contribution in [3.63, 3.8) is 0 Å². The van der Waals surface area contributed by atoms with Crippen molar-refractivity contribution >= 4 is 24.8 Å². The fraction of sp³-hybridized carbons (Fsp3) is 1.00. The van der Waals surface area contributed by atoms with E-state index in [9.17, 15) is 0 Å². The third kappa shape index (κ3) is 6.07. The van der Waals surface area contributed by atoms with Gasteiger partial charge >= 0.3 is 0 Å². The Hall–Kier alpha value is 0.460. The minimum atomic E-state index is 0. The Morgan fingerprint density at radius 2 is 1.89 bits per heavy atom. The van der Waals surface area contributed by atoms with Crippen LogP contribution < -0.4 is 10.6 Å². The van der Waals surface area contributed by atoms with E-state index < -0.39 is 0 Å². The van der Waals surface area contributed by atoms with E-state index in [1.165, 1.54) is 64.8 Å². The van der Waals surface area contributed by atoms with Gasteiger partial charge in [0.15, 0.2) is 0 Å². The summed E-state index contributed by atoms with van der Waals surface area (Å²) in [7, 11) is 2.10. The van der Waals surface area contributed by atoms with Gasteiger partial charge in [-0.15, -0.1) is 24.8 Å². The van der Waals surface area contributed by atoms with Gasteiger partial charge in [-0.2, -0.15) is 0 Å². The van der Waals surface area contributed by atoms with Crippen molar-refractivity contribution in [3.05, 3.63) is 0 Å². The first-order chi connectivity index (χ1) is 7.88. The quantitative estimate of drug-likeness (QED) is 0.830. The molecule has 1 atom stereocenters. The molecule has 0 radical (unpaired) electrons. The van der Waals surface area contributed by atoms with Crippen LogP contribution in [0.15, 0.2) is 0 Å². The lowest BCUT2D eigenvalue weighted by Crippen LogP contribution is -2.45. The maximum Gasteiger partial charge on any atom is 0.0192 e. The number of likely N-dealkylation sites (tertiary alicyclic amines) is 1. The molecule has 110 valence electrons. The van der Waals surface area contributed by atoms with Crippen molar-refractivity contribution in [3.8, 4) is 0 Å². The molecule has 0 aromatic rings. The molecule has 2 heterocycles. The molecule has 0 saturated carbocycles. The third-order valence-electron chi connectivity index (χ3n) is 4.23. The number of hydrogen-bond acceptors (Lipinski definition) is 3. The minimum Gasteiger partial charge on any atom is -0.317 e. The molecule has 2 N–H and O–H groups in total. The number of likely N-dealkylation sites (N-methyl/N-ethyl adjacent to an activating group) is 1. The number of piperidine rings is 2. The molecule has 2 rings (SSSR count). The van der Waals surface area contributed by atoms with Crippen LogP contribution >= 0.6 is 24.8 Å². The summed E-state index contributed by atoms with van der Waals surface area (Å²) >= 11 is 0. The number of nitrogens with one attached hydrogen (secondary N) is 2. The van der Waals surface area contributed by atoms with Gasteiger partial charge in [0.1, 0.15) is 0 Å². The smallest absolute Gasteiger partial charge is 0.0192 e. The second-order valence-electron chi connectivity index (χ2n) is 5.41. The zero-order valence-electron chi connectivity index (χ0n) is 11.5. The van der Waals surface area contributed by atoms with Crippen LogP contribution in [-0.2, 0) is 0 Å². The number of halogens is 2. The number of rotatable bonds is 4. The molecule has 0 aromatic heterocycles. The Morgan fingerprint density at radius 3 is 2.56 bits per heavy atom. The molecule has 5 heteroatoms. The van der Waals surface area contributed by atoms with Gasteiger partial charge in [0.05, 0.1) is 0 Å². The minimum absolute atomic E-state index is 0. The van der Waals surface area contributed by atoms with Gasteiger partial charge in [-0.05, 0) is 71.2 Å². The number of hydrogen-bond donors (Lipinski definition) is 2. The standard InChI is InChI=1S/C13H27N3.2ClH/c1-14-13-3-2-9-16(11-13)10-6-12-4-7-15-8-5-12;;/h12-15H,2-11H2,1H3;2*1H. The van der Waals surface area contributed by atoms with Gasteiger partial charge in [0, 0.05) is 12.6 Å². The average molecular weight is 298 g/mol. The van der Waals surface area contributed by atoms with E-state index in [0.29, 0.717) is 0 Å². The van der Waals surface area contributed by atoms with Gasteiger partial charge in [-0.25, -0.2) is 0 Å². The van der Waals surface area contributed by atoms with Crippen molar-refractivity contribution < 1.29 is 0 Å². The van der Waals surface area contributed by atoms with E-state index in [0.717, 1.165) is 12.0 Å². The predicted molar refractivity (Wildman–Crippen MR) is 83.2 cm³/mol. The third-order valence-corrected chi connectivity index (χ3v) is 4.23. The van der Waals surface area contributed by atoms with Crippen LogP contribution in [0.5, 0.6) is 0 Å². The van der Waals surface area contributed by atoms with E-state index in [2.05, 4.69) is 22.6 Å². The van der Waals surface area contributed by atoms with Gasteiger partial charge < -0.3 is 15.5 Å². The highest BCUT2D eigenvalue weighted by Crippen LogP contribution is 2.18.